The first-order valence-corrected chi connectivity index (χ1v) is 13.7. The van der Waals surface area contributed by atoms with Crippen molar-refractivity contribution in [1.29, 1.82) is 0 Å². The Labute approximate surface area is 217 Å². The van der Waals surface area contributed by atoms with Crippen LogP contribution < -0.4 is 0 Å². The number of aryl methyl sites for hydroxylation is 2. The van der Waals surface area contributed by atoms with Crippen LogP contribution in [0.3, 0.4) is 0 Å². The summed E-state index contributed by atoms with van der Waals surface area (Å²) in [6.07, 6.45) is 12.2. The minimum Gasteiger partial charge on any atom is -0.508 e. The van der Waals surface area contributed by atoms with E-state index in [0.29, 0.717) is 5.75 Å². The zero-order valence-corrected chi connectivity index (χ0v) is 22.0. The summed E-state index contributed by atoms with van der Waals surface area (Å²) in [5.41, 5.74) is 9.99. The standard InChI is InChI=1S/C35H40O/c1-3-4-5-6-7-8-9-10-11-28-12-14-29(15-13-28)30-16-18-31(19-17-30)33-22-25-35(27(2)26-33)32-20-23-34(36)24-21-32/h12-26,36H,3-11H2,1-2H3. The molecule has 4 aromatic rings. The molecule has 0 aliphatic heterocycles. The van der Waals surface area contributed by atoms with Crippen molar-refractivity contribution in [2.75, 3.05) is 0 Å². The van der Waals surface area contributed by atoms with Crippen molar-refractivity contribution < 1.29 is 5.11 Å². The summed E-state index contributed by atoms with van der Waals surface area (Å²) in [5.74, 6) is 0.297. The molecule has 0 aromatic heterocycles. The maximum Gasteiger partial charge on any atom is 0.115 e. The topological polar surface area (TPSA) is 20.2 Å². The molecule has 4 aromatic carbocycles. The van der Waals surface area contributed by atoms with Gasteiger partial charge in [-0.15, -0.1) is 0 Å². The van der Waals surface area contributed by atoms with Crippen LogP contribution in [-0.4, -0.2) is 5.11 Å². The third kappa shape index (κ3) is 7.10. The molecule has 0 radical (unpaired) electrons. The lowest BCUT2D eigenvalue weighted by molar-refractivity contribution is 0.475. The van der Waals surface area contributed by atoms with Gasteiger partial charge >= 0.3 is 0 Å². The number of phenolic OH excluding ortho intramolecular Hbond substituents is 1. The molecule has 0 saturated carbocycles. The van der Waals surface area contributed by atoms with Gasteiger partial charge in [0.2, 0.25) is 0 Å². The predicted octanol–water partition coefficient (Wildman–Crippen LogP) is 10.4. The fraction of sp³-hybridized carbons (Fsp3) is 0.314. The van der Waals surface area contributed by atoms with Crippen LogP contribution in [0.5, 0.6) is 5.75 Å². The van der Waals surface area contributed by atoms with E-state index in [1.807, 2.05) is 12.1 Å². The van der Waals surface area contributed by atoms with Crippen molar-refractivity contribution in [2.24, 2.45) is 0 Å². The molecule has 36 heavy (non-hydrogen) atoms. The lowest BCUT2D eigenvalue weighted by atomic mass is 9.94. The second-order valence-corrected chi connectivity index (χ2v) is 10.1. The molecular formula is C35H40O. The van der Waals surface area contributed by atoms with Crippen molar-refractivity contribution in [3.8, 4) is 39.1 Å². The monoisotopic (exact) mass is 476 g/mol. The zero-order chi connectivity index (χ0) is 25.2. The lowest BCUT2D eigenvalue weighted by Crippen LogP contribution is -1.88. The fourth-order valence-electron chi connectivity index (χ4n) is 4.99. The van der Waals surface area contributed by atoms with Gasteiger partial charge < -0.3 is 5.11 Å². The van der Waals surface area contributed by atoms with Crippen molar-refractivity contribution in [2.45, 2.75) is 71.6 Å². The number of phenols is 1. The largest absolute Gasteiger partial charge is 0.508 e. The van der Waals surface area contributed by atoms with Crippen molar-refractivity contribution in [3.05, 3.63) is 102 Å². The van der Waals surface area contributed by atoms with E-state index in [4.69, 9.17) is 0 Å². The molecule has 186 valence electrons. The van der Waals surface area contributed by atoms with Crippen LogP contribution in [-0.2, 0) is 6.42 Å². The molecule has 0 atom stereocenters. The predicted molar refractivity (Wildman–Crippen MR) is 155 cm³/mol. The third-order valence-corrected chi connectivity index (χ3v) is 7.23. The first-order chi connectivity index (χ1) is 17.6. The van der Waals surface area contributed by atoms with Gasteiger partial charge in [-0.25, -0.2) is 0 Å². The summed E-state index contributed by atoms with van der Waals surface area (Å²) in [4.78, 5) is 0. The van der Waals surface area contributed by atoms with Gasteiger partial charge in [0.15, 0.2) is 0 Å². The molecule has 0 heterocycles. The quantitative estimate of drug-likeness (QED) is 0.202. The van der Waals surface area contributed by atoms with Gasteiger partial charge in [-0.1, -0.05) is 131 Å². The van der Waals surface area contributed by atoms with Crippen molar-refractivity contribution in [3.63, 3.8) is 0 Å². The van der Waals surface area contributed by atoms with Crippen LogP contribution >= 0.6 is 0 Å². The van der Waals surface area contributed by atoms with Crippen LogP contribution in [0.4, 0.5) is 0 Å². The Hall–Kier alpha value is -3.32. The summed E-state index contributed by atoms with van der Waals surface area (Å²) in [6, 6.07) is 32.1. The summed E-state index contributed by atoms with van der Waals surface area (Å²) in [6.45, 7) is 4.43. The first kappa shape index (κ1) is 25.8. The SMILES string of the molecule is CCCCCCCCCCc1ccc(-c2ccc(-c3ccc(-c4ccc(O)cc4)c(C)c3)cc2)cc1. The molecule has 0 spiro atoms. The molecule has 0 aliphatic carbocycles. The molecule has 0 saturated heterocycles. The van der Waals surface area contributed by atoms with Gasteiger partial charge in [0.1, 0.15) is 5.75 Å². The maximum absolute atomic E-state index is 9.56. The average Bonchev–Trinajstić information content (AvgIpc) is 2.91. The number of aromatic hydroxyl groups is 1. The molecule has 1 nitrogen and oxygen atoms in total. The van der Waals surface area contributed by atoms with E-state index >= 15 is 0 Å². The maximum atomic E-state index is 9.56. The van der Waals surface area contributed by atoms with E-state index in [0.717, 1.165) is 5.56 Å². The van der Waals surface area contributed by atoms with E-state index in [9.17, 15) is 5.11 Å². The minimum atomic E-state index is 0.297. The van der Waals surface area contributed by atoms with Gasteiger partial charge in [0, 0.05) is 0 Å². The number of hydrogen-bond donors (Lipinski definition) is 1. The van der Waals surface area contributed by atoms with E-state index < -0.39 is 0 Å². The Kier molecular flexibility index (Phi) is 9.39. The first-order valence-electron chi connectivity index (χ1n) is 13.7. The number of unbranched alkanes of at least 4 members (excludes halogenated alkanes) is 7. The molecule has 1 N–H and O–H groups in total. The van der Waals surface area contributed by atoms with Gasteiger partial charge in [0.25, 0.3) is 0 Å². The second-order valence-electron chi connectivity index (χ2n) is 10.1. The highest BCUT2D eigenvalue weighted by atomic mass is 16.3. The average molecular weight is 477 g/mol. The van der Waals surface area contributed by atoms with Gasteiger partial charge in [0.05, 0.1) is 0 Å². The Morgan fingerprint density at radius 2 is 0.972 bits per heavy atom. The summed E-state index contributed by atoms with van der Waals surface area (Å²) in [7, 11) is 0. The Morgan fingerprint density at radius 1 is 0.500 bits per heavy atom. The smallest absolute Gasteiger partial charge is 0.115 e. The Bertz CT molecular complexity index is 1200. The number of benzene rings is 4. The third-order valence-electron chi connectivity index (χ3n) is 7.23. The second kappa shape index (κ2) is 13.1. The summed E-state index contributed by atoms with van der Waals surface area (Å²) in [5, 5.41) is 9.56. The summed E-state index contributed by atoms with van der Waals surface area (Å²) >= 11 is 0. The fourth-order valence-corrected chi connectivity index (χ4v) is 4.99. The van der Waals surface area contributed by atoms with Crippen LogP contribution in [0, 0.1) is 6.92 Å². The van der Waals surface area contributed by atoms with E-state index in [-0.39, 0.29) is 0 Å². The zero-order valence-electron chi connectivity index (χ0n) is 22.0. The highest BCUT2D eigenvalue weighted by molar-refractivity contribution is 5.75. The van der Waals surface area contributed by atoms with E-state index in [1.165, 1.54) is 96.7 Å². The molecule has 0 aliphatic rings. The van der Waals surface area contributed by atoms with Crippen molar-refractivity contribution >= 4 is 0 Å². The molecule has 4 rings (SSSR count). The number of hydrogen-bond acceptors (Lipinski definition) is 1. The highest BCUT2D eigenvalue weighted by Crippen LogP contribution is 2.31. The normalized spacial score (nSPS) is 11.1. The molecule has 0 fully saturated rings. The van der Waals surface area contributed by atoms with Crippen molar-refractivity contribution in [1.82, 2.24) is 0 Å². The van der Waals surface area contributed by atoms with Gasteiger partial charge in [-0.3, -0.25) is 0 Å². The molecule has 0 unspecified atom stereocenters. The van der Waals surface area contributed by atoms with Crippen LogP contribution in [0.1, 0.15) is 69.4 Å². The molecule has 0 amide bonds. The summed E-state index contributed by atoms with van der Waals surface area (Å²) < 4.78 is 0. The van der Waals surface area contributed by atoms with Gasteiger partial charge in [-0.2, -0.15) is 0 Å². The van der Waals surface area contributed by atoms with Crippen LogP contribution in [0.25, 0.3) is 33.4 Å². The Balaban J connectivity index is 1.32. The van der Waals surface area contributed by atoms with Crippen LogP contribution in [0.15, 0.2) is 91.0 Å². The number of rotatable bonds is 12. The van der Waals surface area contributed by atoms with E-state index in [2.05, 4.69) is 80.6 Å². The van der Waals surface area contributed by atoms with Gasteiger partial charge in [-0.05, 0) is 76.4 Å². The van der Waals surface area contributed by atoms with Crippen LogP contribution in [0.2, 0.25) is 0 Å². The van der Waals surface area contributed by atoms with E-state index in [1.54, 1.807) is 12.1 Å². The lowest BCUT2D eigenvalue weighted by Gasteiger charge is -2.10. The molecular weight excluding hydrogens is 436 g/mol. The minimum absolute atomic E-state index is 0.297. The molecule has 1 heteroatoms. The highest BCUT2D eigenvalue weighted by Gasteiger charge is 2.06. The Morgan fingerprint density at radius 3 is 1.56 bits per heavy atom. The molecule has 0 bridgehead atoms.